The second kappa shape index (κ2) is 8.31. The number of carbonyl (C=O) groups excluding carboxylic acids is 2. The molecular formula is C21H25N3O2S. The summed E-state index contributed by atoms with van der Waals surface area (Å²) in [7, 11) is 0. The van der Waals surface area contributed by atoms with Crippen LogP contribution in [-0.4, -0.2) is 66.1 Å². The lowest BCUT2D eigenvalue weighted by Crippen LogP contribution is -2.51. The van der Waals surface area contributed by atoms with Gasteiger partial charge < -0.3 is 10.2 Å². The molecule has 1 heterocycles. The summed E-state index contributed by atoms with van der Waals surface area (Å²) in [5.74, 6) is 0.750. The lowest BCUT2D eigenvalue weighted by atomic mass is 10.1. The van der Waals surface area contributed by atoms with Gasteiger partial charge in [-0.1, -0.05) is 30.3 Å². The van der Waals surface area contributed by atoms with E-state index in [1.807, 2.05) is 17.0 Å². The Morgan fingerprint density at radius 1 is 1.00 bits per heavy atom. The van der Waals surface area contributed by atoms with Gasteiger partial charge in [0.05, 0.1) is 12.3 Å². The number of hydrogen-bond acceptors (Lipinski definition) is 4. The number of fused-ring (bicyclic) bond motifs is 1. The number of thioether (sulfide) groups is 1. The second-order valence-electron chi connectivity index (χ2n) is 7.30. The number of rotatable bonds is 6. The minimum absolute atomic E-state index is 0.115. The van der Waals surface area contributed by atoms with Crippen LogP contribution in [0.25, 0.3) is 10.8 Å². The van der Waals surface area contributed by atoms with Gasteiger partial charge in [-0.15, -0.1) is 11.8 Å². The topological polar surface area (TPSA) is 52.7 Å². The SMILES string of the molecule is O=C(CN1CCN(C(=O)CSc2ccc3ccccc3c2)CC1)NC1CC1. The van der Waals surface area contributed by atoms with E-state index in [4.69, 9.17) is 0 Å². The first-order valence-corrected chi connectivity index (χ1v) is 10.6. The van der Waals surface area contributed by atoms with Gasteiger partial charge in [-0.2, -0.15) is 0 Å². The normalized spacial score (nSPS) is 17.9. The molecule has 0 atom stereocenters. The molecule has 6 heteroatoms. The van der Waals surface area contributed by atoms with Crippen molar-refractivity contribution in [3.63, 3.8) is 0 Å². The predicted molar refractivity (Wildman–Crippen MR) is 109 cm³/mol. The van der Waals surface area contributed by atoms with E-state index in [2.05, 4.69) is 40.5 Å². The van der Waals surface area contributed by atoms with Crippen LogP contribution >= 0.6 is 11.8 Å². The average molecular weight is 384 g/mol. The summed E-state index contributed by atoms with van der Waals surface area (Å²) in [5, 5.41) is 5.44. The van der Waals surface area contributed by atoms with Crippen molar-refractivity contribution in [2.75, 3.05) is 38.5 Å². The molecule has 0 unspecified atom stereocenters. The minimum atomic E-state index is 0.115. The fourth-order valence-electron chi connectivity index (χ4n) is 3.35. The number of hydrogen-bond donors (Lipinski definition) is 1. The average Bonchev–Trinajstić information content (AvgIpc) is 3.50. The molecule has 2 fully saturated rings. The number of amides is 2. The molecule has 1 aliphatic carbocycles. The summed E-state index contributed by atoms with van der Waals surface area (Å²) in [5.41, 5.74) is 0. The van der Waals surface area contributed by atoms with E-state index in [9.17, 15) is 9.59 Å². The lowest BCUT2D eigenvalue weighted by molar-refractivity contribution is -0.130. The first-order valence-electron chi connectivity index (χ1n) is 9.58. The van der Waals surface area contributed by atoms with Gasteiger partial charge in [0.1, 0.15) is 0 Å². The van der Waals surface area contributed by atoms with E-state index in [1.54, 1.807) is 11.8 Å². The number of nitrogens with one attached hydrogen (secondary N) is 1. The maximum atomic E-state index is 12.5. The van der Waals surface area contributed by atoms with Crippen LogP contribution in [0, 0.1) is 0 Å². The molecule has 142 valence electrons. The molecule has 27 heavy (non-hydrogen) atoms. The van der Waals surface area contributed by atoms with Gasteiger partial charge in [0.25, 0.3) is 0 Å². The van der Waals surface area contributed by atoms with Crippen LogP contribution in [0.4, 0.5) is 0 Å². The largest absolute Gasteiger partial charge is 0.352 e. The molecule has 1 saturated heterocycles. The van der Waals surface area contributed by atoms with Crippen LogP contribution in [0.2, 0.25) is 0 Å². The Balaban J connectivity index is 1.22. The van der Waals surface area contributed by atoms with Gasteiger partial charge in [0, 0.05) is 37.1 Å². The molecule has 4 rings (SSSR count). The van der Waals surface area contributed by atoms with E-state index in [-0.39, 0.29) is 11.8 Å². The summed E-state index contributed by atoms with van der Waals surface area (Å²) in [6.45, 7) is 3.39. The molecule has 0 bridgehead atoms. The fourth-order valence-corrected chi connectivity index (χ4v) is 4.20. The monoisotopic (exact) mass is 383 g/mol. The third-order valence-corrected chi connectivity index (χ3v) is 6.10. The Bertz CT molecular complexity index is 829. The van der Waals surface area contributed by atoms with Crippen molar-refractivity contribution in [2.24, 2.45) is 0 Å². The fraction of sp³-hybridized carbons (Fsp3) is 0.429. The third-order valence-electron chi connectivity index (χ3n) is 5.12. The van der Waals surface area contributed by atoms with Gasteiger partial charge in [-0.25, -0.2) is 0 Å². The molecule has 0 radical (unpaired) electrons. The Morgan fingerprint density at radius 2 is 1.74 bits per heavy atom. The quantitative estimate of drug-likeness (QED) is 0.778. The number of piperazine rings is 1. The summed E-state index contributed by atoms with van der Waals surface area (Å²) < 4.78 is 0. The van der Waals surface area contributed by atoms with Crippen LogP contribution < -0.4 is 5.32 Å². The standard InChI is InChI=1S/C21H25N3O2S/c25-20(22-18-6-7-18)14-23-9-11-24(12-10-23)21(26)15-27-19-8-5-16-3-1-2-4-17(16)13-19/h1-5,8,13,18H,6-7,9-12,14-15H2,(H,22,25). The highest BCUT2D eigenvalue weighted by Crippen LogP contribution is 2.24. The highest BCUT2D eigenvalue weighted by molar-refractivity contribution is 8.00. The lowest BCUT2D eigenvalue weighted by Gasteiger charge is -2.34. The highest BCUT2D eigenvalue weighted by Gasteiger charge is 2.26. The summed E-state index contributed by atoms with van der Waals surface area (Å²) in [6, 6.07) is 15.0. The molecule has 0 spiro atoms. The van der Waals surface area contributed by atoms with Crippen LogP contribution in [-0.2, 0) is 9.59 Å². The Hall–Kier alpha value is -2.05. The zero-order valence-corrected chi connectivity index (χ0v) is 16.2. The van der Waals surface area contributed by atoms with E-state index < -0.39 is 0 Å². The molecule has 5 nitrogen and oxygen atoms in total. The van der Waals surface area contributed by atoms with Gasteiger partial charge in [-0.3, -0.25) is 14.5 Å². The molecule has 1 saturated carbocycles. The summed E-state index contributed by atoms with van der Waals surface area (Å²) in [4.78, 5) is 29.6. The first kappa shape index (κ1) is 18.3. The van der Waals surface area contributed by atoms with E-state index in [0.29, 0.717) is 31.4 Å². The highest BCUT2D eigenvalue weighted by atomic mass is 32.2. The first-order chi connectivity index (χ1) is 13.2. The molecule has 2 aliphatic rings. The van der Waals surface area contributed by atoms with Crippen LogP contribution in [0.3, 0.4) is 0 Å². The molecule has 0 aromatic heterocycles. The maximum absolute atomic E-state index is 12.5. The minimum Gasteiger partial charge on any atom is -0.352 e. The van der Waals surface area contributed by atoms with Crippen LogP contribution in [0.5, 0.6) is 0 Å². The number of benzene rings is 2. The van der Waals surface area contributed by atoms with Gasteiger partial charge in [0.2, 0.25) is 11.8 Å². The third kappa shape index (κ3) is 5.02. The summed E-state index contributed by atoms with van der Waals surface area (Å²) in [6.07, 6.45) is 2.23. The van der Waals surface area contributed by atoms with Gasteiger partial charge in [-0.05, 0) is 35.7 Å². The molecule has 2 amide bonds. The summed E-state index contributed by atoms with van der Waals surface area (Å²) >= 11 is 1.59. The van der Waals surface area contributed by atoms with Crippen LogP contribution in [0.15, 0.2) is 47.4 Å². The van der Waals surface area contributed by atoms with Crippen molar-refractivity contribution >= 4 is 34.3 Å². The second-order valence-corrected chi connectivity index (χ2v) is 8.35. The van der Waals surface area contributed by atoms with Crippen LogP contribution in [0.1, 0.15) is 12.8 Å². The molecule has 1 N–H and O–H groups in total. The zero-order valence-electron chi connectivity index (χ0n) is 15.4. The van der Waals surface area contributed by atoms with E-state index >= 15 is 0 Å². The van der Waals surface area contributed by atoms with Crippen molar-refractivity contribution in [2.45, 2.75) is 23.8 Å². The van der Waals surface area contributed by atoms with Crippen molar-refractivity contribution in [3.05, 3.63) is 42.5 Å². The van der Waals surface area contributed by atoms with Crippen molar-refractivity contribution in [1.82, 2.24) is 15.1 Å². The zero-order chi connectivity index (χ0) is 18.6. The van der Waals surface area contributed by atoms with E-state index in [1.165, 1.54) is 10.8 Å². The molecular weight excluding hydrogens is 358 g/mol. The van der Waals surface area contributed by atoms with E-state index in [0.717, 1.165) is 30.8 Å². The Kier molecular flexibility index (Phi) is 5.64. The molecule has 2 aromatic rings. The Morgan fingerprint density at radius 3 is 2.48 bits per heavy atom. The number of nitrogens with zero attached hydrogens (tertiary/aromatic N) is 2. The number of carbonyl (C=O) groups is 2. The smallest absolute Gasteiger partial charge is 0.234 e. The van der Waals surface area contributed by atoms with Crippen molar-refractivity contribution in [3.8, 4) is 0 Å². The van der Waals surface area contributed by atoms with Crippen molar-refractivity contribution in [1.29, 1.82) is 0 Å². The van der Waals surface area contributed by atoms with Gasteiger partial charge >= 0.3 is 0 Å². The van der Waals surface area contributed by atoms with Crippen molar-refractivity contribution < 1.29 is 9.59 Å². The molecule has 2 aromatic carbocycles. The Labute approximate surface area is 164 Å². The predicted octanol–water partition coefficient (Wildman–Crippen LogP) is 2.35. The maximum Gasteiger partial charge on any atom is 0.234 e. The molecule has 1 aliphatic heterocycles. The van der Waals surface area contributed by atoms with Gasteiger partial charge in [0.15, 0.2) is 0 Å².